The lowest BCUT2D eigenvalue weighted by atomic mass is 10.1. The molecule has 0 bridgehead atoms. The molecule has 2 aromatic carbocycles. The summed E-state index contributed by atoms with van der Waals surface area (Å²) in [7, 11) is 1.56. The summed E-state index contributed by atoms with van der Waals surface area (Å²) < 4.78 is 20.9. The predicted molar refractivity (Wildman–Crippen MR) is 96.7 cm³/mol. The van der Waals surface area contributed by atoms with Crippen LogP contribution in [0.4, 0.5) is 0 Å². The van der Waals surface area contributed by atoms with Gasteiger partial charge in [0, 0.05) is 6.54 Å². The Labute approximate surface area is 157 Å². The molecule has 1 heterocycles. The molecule has 1 N–H and O–H groups in total. The molecular weight excluding hydrogens is 350 g/mol. The van der Waals surface area contributed by atoms with Crippen molar-refractivity contribution in [2.75, 3.05) is 13.9 Å². The lowest BCUT2D eigenvalue weighted by Crippen LogP contribution is -2.35. The van der Waals surface area contributed by atoms with E-state index in [1.807, 2.05) is 12.1 Å². The molecule has 3 rings (SSSR count). The van der Waals surface area contributed by atoms with E-state index in [1.54, 1.807) is 44.4 Å². The minimum Gasteiger partial charge on any atom is -0.497 e. The van der Waals surface area contributed by atoms with Crippen LogP contribution in [0.15, 0.2) is 42.5 Å². The Kier molecular flexibility index (Phi) is 5.80. The van der Waals surface area contributed by atoms with Crippen LogP contribution in [0.1, 0.15) is 18.1 Å². The van der Waals surface area contributed by atoms with Gasteiger partial charge in [-0.25, -0.2) is 0 Å². The zero-order valence-electron chi connectivity index (χ0n) is 15.2. The first-order valence-electron chi connectivity index (χ1n) is 8.54. The molecule has 1 atom stereocenters. The largest absolute Gasteiger partial charge is 0.497 e. The number of carbonyl (C=O) groups is 2. The van der Waals surface area contributed by atoms with Gasteiger partial charge >= 0.3 is 5.97 Å². The van der Waals surface area contributed by atoms with Crippen LogP contribution < -0.4 is 19.5 Å². The zero-order chi connectivity index (χ0) is 19.2. The van der Waals surface area contributed by atoms with Crippen molar-refractivity contribution in [2.45, 2.75) is 26.0 Å². The summed E-state index contributed by atoms with van der Waals surface area (Å²) in [6.07, 6.45) is -0.825. The Balaban J connectivity index is 1.47. The number of rotatable bonds is 7. The maximum absolute atomic E-state index is 12.2. The van der Waals surface area contributed by atoms with E-state index in [4.69, 9.17) is 18.9 Å². The molecule has 0 radical (unpaired) electrons. The lowest BCUT2D eigenvalue weighted by molar-refractivity contribution is -0.154. The number of amides is 1. The van der Waals surface area contributed by atoms with Crippen molar-refractivity contribution < 1.29 is 28.5 Å². The number of methoxy groups -OCH3 is 1. The predicted octanol–water partition coefficient (Wildman–Crippen LogP) is 2.21. The number of benzene rings is 2. The van der Waals surface area contributed by atoms with Crippen molar-refractivity contribution in [1.82, 2.24) is 5.32 Å². The number of ether oxygens (including phenoxy) is 4. The van der Waals surface area contributed by atoms with Gasteiger partial charge in [0.2, 0.25) is 6.79 Å². The summed E-state index contributed by atoms with van der Waals surface area (Å²) in [5.74, 6) is 1.15. The molecule has 0 saturated heterocycles. The van der Waals surface area contributed by atoms with Crippen LogP contribution in [-0.4, -0.2) is 31.9 Å². The Morgan fingerprint density at radius 3 is 2.74 bits per heavy atom. The Morgan fingerprint density at radius 1 is 1.11 bits per heavy atom. The Hall–Kier alpha value is -3.22. The summed E-state index contributed by atoms with van der Waals surface area (Å²) in [6, 6.07) is 12.6. The number of carbonyl (C=O) groups excluding carboxylic acids is 2. The second kappa shape index (κ2) is 8.44. The van der Waals surface area contributed by atoms with Crippen molar-refractivity contribution >= 4 is 11.9 Å². The van der Waals surface area contributed by atoms with Crippen molar-refractivity contribution in [1.29, 1.82) is 0 Å². The topological polar surface area (TPSA) is 83.1 Å². The fourth-order valence-corrected chi connectivity index (χ4v) is 2.63. The average molecular weight is 371 g/mol. The quantitative estimate of drug-likeness (QED) is 0.752. The van der Waals surface area contributed by atoms with E-state index in [0.717, 1.165) is 11.1 Å². The third kappa shape index (κ3) is 4.91. The average Bonchev–Trinajstić information content (AvgIpc) is 3.13. The molecule has 1 amide bonds. The van der Waals surface area contributed by atoms with Crippen LogP contribution in [0, 0.1) is 0 Å². The zero-order valence-corrected chi connectivity index (χ0v) is 15.2. The molecule has 0 spiro atoms. The fourth-order valence-electron chi connectivity index (χ4n) is 2.63. The minimum atomic E-state index is -0.892. The molecule has 0 aromatic heterocycles. The summed E-state index contributed by atoms with van der Waals surface area (Å²) >= 11 is 0. The van der Waals surface area contributed by atoms with Gasteiger partial charge in [-0.2, -0.15) is 0 Å². The molecule has 0 saturated carbocycles. The highest BCUT2D eigenvalue weighted by atomic mass is 16.7. The third-order valence-electron chi connectivity index (χ3n) is 4.06. The van der Waals surface area contributed by atoms with Crippen molar-refractivity contribution in [3.8, 4) is 17.2 Å². The van der Waals surface area contributed by atoms with E-state index in [0.29, 0.717) is 23.8 Å². The molecule has 0 aliphatic carbocycles. The van der Waals surface area contributed by atoms with Crippen LogP contribution in [0.2, 0.25) is 0 Å². The maximum atomic E-state index is 12.2. The molecule has 0 fully saturated rings. The summed E-state index contributed by atoms with van der Waals surface area (Å²) in [4.78, 5) is 24.2. The van der Waals surface area contributed by atoms with E-state index in [1.165, 1.54) is 0 Å². The number of hydrogen-bond acceptors (Lipinski definition) is 6. The van der Waals surface area contributed by atoms with E-state index < -0.39 is 12.1 Å². The molecule has 2 aromatic rings. The molecule has 27 heavy (non-hydrogen) atoms. The fraction of sp³-hybridized carbons (Fsp3) is 0.300. The molecule has 0 unspecified atom stereocenters. The van der Waals surface area contributed by atoms with Crippen LogP contribution in [0.5, 0.6) is 17.2 Å². The molecule has 7 nitrogen and oxygen atoms in total. The van der Waals surface area contributed by atoms with Gasteiger partial charge in [-0.05, 0) is 42.3 Å². The lowest BCUT2D eigenvalue weighted by Gasteiger charge is -2.14. The van der Waals surface area contributed by atoms with Gasteiger partial charge < -0.3 is 24.3 Å². The number of esters is 1. The Morgan fingerprint density at radius 2 is 1.93 bits per heavy atom. The van der Waals surface area contributed by atoms with Crippen molar-refractivity contribution in [3.63, 3.8) is 0 Å². The maximum Gasteiger partial charge on any atom is 0.311 e. The highest BCUT2D eigenvalue weighted by Gasteiger charge is 2.19. The van der Waals surface area contributed by atoms with Gasteiger partial charge in [0.25, 0.3) is 5.91 Å². The van der Waals surface area contributed by atoms with Crippen LogP contribution in [0.3, 0.4) is 0 Å². The minimum absolute atomic E-state index is 0.0664. The van der Waals surface area contributed by atoms with Gasteiger partial charge in [-0.3, -0.25) is 9.59 Å². The Bertz CT molecular complexity index is 835. The van der Waals surface area contributed by atoms with Crippen LogP contribution in [-0.2, 0) is 27.3 Å². The number of nitrogens with one attached hydrogen (secondary N) is 1. The number of hydrogen-bond donors (Lipinski definition) is 1. The van der Waals surface area contributed by atoms with Crippen LogP contribution >= 0.6 is 0 Å². The van der Waals surface area contributed by atoms with Gasteiger partial charge in [0.05, 0.1) is 13.5 Å². The van der Waals surface area contributed by atoms with Gasteiger partial charge in [-0.1, -0.05) is 18.2 Å². The first kappa shape index (κ1) is 18.6. The van der Waals surface area contributed by atoms with E-state index in [-0.39, 0.29) is 19.1 Å². The SMILES string of the molecule is COc1cccc(CC(=O)O[C@H](C)C(=O)NCc2ccc3c(c2)OCO3)c1. The number of fused-ring (bicyclic) bond motifs is 1. The highest BCUT2D eigenvalue weighted by molar-refractivity contribution is 5.83. The van der Waals surface area contributed by atoms with Crippen molar-refractivity contribution in [3.05, 3.63) is 53.6 Å². The van der Waals surface area contributed by atoms with Gasteiger partial charge in [0.1, 0.15) is 5.75 Å². The molecule has 1 aliphatic heterocycles. The second-order valence-electron chi connectivity index (χ2n) is 6.07. The van der Waals surface area contributed by atoms with E-state index in [2.05, 4.69) is 5.32 Å². The first-order valence-corrected chi connectivity index (χ1v) is 8.54. The second-order valence-corrected chi connectivity index (χ2v) is 6.07. The summed E-state index contributed by atoms with van der Waals surface area (Å²) in [6.45, 7) is 2.04. The summed E-state index contributed by atoms with van der Waals surface area (Å²) in [5, 5.41) is 2.74. The highest BCUT2D eigenvalue weighted by Crippen LogP contribution is 2.32. The molecule has 1 aliphatic rings. The van der Waals surface area contributed by atoms with Gasteiger partial charge in [-0.15, -0.1) is 0 Å². The smallest absolute Gasteiger partial charge is 0.311 e. The van der Waals surface area contributed by atoms with Gasteiger partial charge in [0.15, 0.2) is 17.6 Å². The normalized spacial score (nSPS) is 13.0. The van der Waals surface area contributed by atoms with E-state index in [9.17, 15) is 9.59 Å². The first-order chi connectivity index (χ1) is 13.0. The summed E-state index contributed by atoms with van der Waals surface area (Å²) in [5.41, 5.74) is 1.62. The van der Waals surface area contributed by atoms with Crippen molar-refractivity contribution in [2.24, 2.45) is 0 Å². The van der Waals surface area contributed by atoms with E-state index >= 15 is 0 Å². The molecule has 142 valence electrons. The third-order valence-corrected chi connectivity index (χ3v) is 4.06. The molecule has 7 heteroatoms. The standard InChI is InChI=1S/C20H21NO6/c1-13(27-19(22)10-14-4-3-5-16(8-14)24-2)20(23)21-11-15-6-7-17-18(9-15)26-12-25-17/h3-9,13H,10-12H2,1-2H3,(H,21,23)/t13-/m1/s1. The monoisotopic (exact) mass is 371 g/mol. The molecular formula is C20H21NO6. The van der Waals surface area contributed by atoms with Crippen LogP contribution in [0.25, 0.3) is 0 Å².